The maximum absolute atomic E-state index is 12.4. The van der Waals surface area contributed by atoms with E-state index in [0.29, 0.717) is 12.2 Å². The average Bonchev–Trinajstić information content (AvgIpc) is 3.08. The van der Waals surface area contributed by atoms with E-state index in [1.54, 1.807) is 0 Å². The van der Waals surface area contributed by atoms with Crippen molar-refractivity contribution in [1.29, 1.82) is 0 Å². The Hall–Kier alpha value is -2.38. The third kappa shape index (κ3) is 3.93. The third-order valence-electron chi connectivity index (χ3n) is 3.90. The number of carbonyl (C=O) groups excluding carboxylic acids is 1. The van der Waals surface area contributed by atoms with Crippen molar-refractivity contribution in [2.75, 3.05) is 13.1 Å². The highest BCUT2D eigenvalue weighted by Gasteiger charge is 2.40. The van der Waals surface area contributed by atoms with Crippen molar-refractivity contribution >= 4 is 5.91 Å². The van der Waals surface area contributed by atoms with Gasteiger partial charge in [-0.3, -0.25) is 4.79 Å². The molecule has 0 bridgehead atoms. The zero-order chi connectivity index (χ0) is 17.3. The summed E-state index contributed by atoms with van der Waals surface area (Å²) in [5, 5.41) is 3.86. The summed E-state index contributed by atoms with van der Waals surface area (Å²) in [6.45, 7) is 0.692. The van der Waals surface area contributed by atoms with Crippen LogP contribution in [0.3, 0.4) is 0 Å². The number of aromatic nitrogens is 2. The van der Waals surface area contributed by atoms with Gasteiger partial charge < -0.3 is 9.42 Å². The van der Waals surface area contributed by atoms with Gasteiger partial charge in [0.15, 0.2) is 5.82 Å². The Morgan fingerprint density at radius 1 is 1.29 bits per heavy atom. The largest absolute Gasteiger partial charge is 0.406 e. The number of halogens is 3. The van der Waals surface area contributed by atoms with Gasteiger partial charge >= 0.3 is 6.18 Å². The van der Waals surface area contributed by atoms with Gasteiger partial charge in [0.25, 0.3) is 0 Å². The number of amides is 1. The standard InChI is InChI=1S/C16H16F3N3O2/c1-10-2-4-11(5-3-10)6-13-20-15(24-21-13)12-7-14(23)22(8-12)9-16(17,18)19/h2-5,12H,6-9H2,1H3/t12-/m0/s1. The SMILES string of the molecule is Cc1ccc(Cc2noc([C@H]3CC(=O)N(CC(F)(F)F)C3)n2)cc1. The third-order valence-corrected chi connectivity index (χ3v) is 3.90. The molecular weight excluding hydrogens is 323 g/mol. The first-order valence-electron chi connectivity index (χ1n) is 7.53. The quantitative estimate of drug-likeness (QED) is 0.859. The van der Waals surface area contributed by atoms with Gasteiger partial charge in [-0.15, -0.1) is 0 Å². The lowest BCUT2D eigenvalue weighted by Crippen LogP contribution is -2.35. The summed E-state index contributed by atoms with van der Waals surface area (Å²) >= 11 is 0. The first-order valence-corrected chi connectivity index (χ1v) is 7.53. The Balaban J connectivity index is 1.65. The molecule has 1 aliphatic heterocycles. The molecule has 5 nitrogen and oxygen atoms in total. The van der Waals surface area contributed by atoms with Crippen LogP contribution in [0.1, 0.15) is 35.2 Å². The highest BCUT2D eigenvalue weighted by atomic mass is 19.4. The number of hydrogen-bond acceptors (Lipinski definition) is 4. The molecule has 0 aliphatic carbocycles. The van der Waals surface area contributed by atoms with Gasteiger partial charge in [-0.25, -0.2) is 0 Å². The maximum atomic E-state index is 12.4. The molecule has 0 saturated carbocycles. The molecule has 128 valence electrons. The van der Waals surface area contributed by atoms with E-state index in [1.165, 1.54) is 0 Å². The van der Waals surface area contributed by atoms with Gasteiger partial charge in [-0.05, 0) is 12.5 Å². The molecule has 2 aromatic rings. The minimum atomic E-state index is -4.41. The summed E-state index contributed by atoms with van der Waals surface area (Å²) in [7, 11) is 0. The Bertz CT molecular complexity index is 725. The molecule has 1 atom stereocenters. The predicted octanol–water partition coefficient (Wildman–Crippen LogP) is 2.85. The monoisotopic (exact) mass is 339 g/mol. The van der Waals surface area contributed by atoms with E-state index < -0.39 is 24.5 Å². The van der Waals surface area contributed by atoms with E-state index in [2.05, 4.69) is 10.1 Å². The molecule has 1 saturated heterocycles. The molecule has 2 heterocycles. The Labute approximate surface area is 136 Å². The van der Waals surface area contributed by atoms with Crippen molar-refractivity contribution in [2.45, 2.75) is 31.9 Å². The number of carbonyl (C=O) groups is 1. The molecule has 1 fully saturated rings. The summed E-state index contributed by atoms with van der Waals surface area (Å²) in [5.41, 5.74) is 2.15. The number of nitrogens with zero attached hydrogens (tertiary/aromatic N) is 3. The minimum Gasteiger partial charge on any atom is -0.339 e. The molecule has 1 aliphatic rings. The van der Waals surface area contributed by atoms with Gasteiger partial charge in [-0.1, -0.05) is 35.0 Å². The van der Waals surface area contributed by atoms with Gasteiger partial charge in [0.1, 0.15) is 6.54 Å². The van der Waals surface area contributed by atoms with E-state index in [1.807, 2.05) is 31.2 Å². The second-order valence-electron chi connectivity index (χ2n) is 6.00. The Morgan fingerprint density at radius 3 is 2.67 bits per heavy atom. The van der Waals surface area contributed by atoms with Crippen LogP contribution in [0.5, 0.6) is 0 Å². The second-order valence-corrected chi connectivity index (χ2v) is 6.00. The lowest BCUT2D eigenvalue weighted by atomic mass is 10.1. The number of aryl methyl sites for hydroxylation is 1. The van der Waals surface area contributed by atoms with Crippen LogP contribution in [0.15, 0.2) is 28.8 Å². The minimum absolute atomic E-state index is 0.0394. The zero-order valence-corrected chi connectivity index (χ0v) is 13.0. The summed E-state index contributed by atoms with van der Waals surface area (Å²) < 4.78 is 42.5. The van der Waals surface area contributed by atoms with Gasteiger partial charge in [0, 0.05) is 19.4 Å². The van der Waals surface area contributed by atoms with E-state index in [0.717, 1.165) is 16.0 Å². The van der Waals surface area contributed by atoms with Crippen molar-refractivity contribution in [3.05, 3.63) is 47.1 Å². The fourth-order valence-corrected chi connectivity index (χ4v) is 2.70. The molecular formula is C16H16F3N3O2. The second kappa shape index (κ2) is 6.26. The van der Waals surface area contributed by atoms with Crippen LogP contribution < -0.4 is 0 Å². The molecule has 1 amide bonds. The normalized spacial score (nSPS) is 18.4. The molecule has 0 spiro atoms. The van der Waals surface area contributed by atoms with Gasteiger partial charge in [-0.2, -0.15) is 18.2 Å². The summed E-state index contributed by atoms with van der Waals surface area (Å²) in [6, 6.07) is 7.85. The highest BCUT2D eigenvalue weighted by Crippen LogP contribution is 2.29. The highest BCUT2D eigenvalue weighted by molar-refractivity contribution is 5.79. The molecule has 0 N–H and O–H groups in total. The van der Waals surface area contributed by atoms with Crippen molar-refractivity contribution in [1.82, 2.24) is 15.0 Å². The predicted molar refractivity (Wildman–Crippen MR) is 78.3 cm³/mol. The number of hydrogen-bond donors (Lipinski definition) is 0. The molecule has 8 heteroatoms. The topological polar surface area (TPSA) is 59.2 Å². The van der Waals surface area contributed by atoms with Crippen molar-refractivity contribution in [3.8, 4) is 0 Å². The molecule has 0 radical (unpaired) electrons. The van der Waals surface area contributed by atoms with E-state index in [4.69, 9.17) is 4.52 Å². The number of benzene rings is 1. The van der Waals surface area contributed by atoms with Gasteiger partial charge in [0.05, 0.1) is 5.92 Å². The molecule has 24 heavy (non-hydrogen) atoms. The molecule has 1 aromatic carbocycles. The number of rotatable bonds is 4. The van der Waals surface area contributed by atoms with Crippen molar-refractivity contribution in [3.63, 3.8) is 0 Å². The van der Waals surface area contributed by atoms with Crippen molar-refractivity contribution < 1.29 is 22.5 Å². The Morgan fingerprint density at radius 2 is 2.00 bits per heavy atom. The fourth-order valence-electron chi connectivity index (χ4n) is 2.70. The fraction of sp³-hybridized carbons (Fsp3) is 0.438. The smallest absolute Gasteiger partial charge is 0.339 e. The van der Waals surface area contributed by atoms with E-state index in [9.17, 15) is 18.0 Å². The van der Waals surface area contributed by atoms with Crippen LogP contribution in [0.2, 0.25) is 0 Å². The van der Waals surface area contributed by atoms with E-state index >= 15 is 0 Å². The first-order chi connectivity index (χ1) is 11.3. The average molecular weight is 339 g/mol. The summed E-state index contributed by atoms with van der Waals surface area (Å²) in [4.78, 5) is 16.7. The van der Waals surface area contributed by atoms with Crippen LogP contribution in [-0.2, 0) is 11.2 Å². The molecule has 3 rings (SSSR count). The molecule has 1 aromatic heterocycles. The van der Waals surface area contributed by atoms with Crippen LogP contribution in [0.25, 0.3) is 0 Å². The van der Waals surface area contributed by atoms with Crippen LogP contribution in [-0.4, -0.2) is 40.2 Å². The number of likely N-dealkylation sites (tertiary alicyclic amines) is 1. The number of alkyl halides is 3. The summed E-state index contributed by atoms with van der Waals surface area (Å²) in [5.74, 6) is -0.361. The first kappa shape index (κ1) is 16.5. The van der Waals surface area contributed by atoms with Crippen LogP contribution >= 0.6 is 0 Å². The zero-order valence-electron chi connectivity index (χ0n) is 13.0. The van der Waals surface area contributed by atoms with E-state index in [-0.39, 0.29) is 18.9 Å². The lowest BCUT2D eigenvalue weighted by molar-refractivity contribution is -0.157. The Kier molecular flexibility index (Phi) is 4.29. The van der Waals surface area contributed by atoms with Crippen LogP contribution in [0, 0.1) is 6.92 Å². The molecule has 0 unspecified atom stereocenters. The van der Waals surface area contributed by atoms with Crippen LogP contribution in [0.4, 0.5) is 13.2 Å². The summed E-state index contributed by atoms with van der Waals surface area (Å²) in [6.07, 6.45) is -3.98. The maximum Gasteiger partial charge on any atom is 0.406 e. The van der Waals surface area contributed by atoms with Crippen molar-refractivity contribution in [2.24, 2.45) is 0 Å². The van der Waals surface area contributed by atoms with Gasteiger partial charge in [0.2, 0.25) is 11.8 Å². The lowest BCUT2D eigenvalue weighted by Gasteiger charge is -2.17.